The van der Waals surface area contributed by atoms with Crippen molar-refractivity contribution < 1.29 is 14.4 Å². The van der Waals surface area contributed by atoms with Gasteiger partial charge in [0.05, 0.1) is 0 Å². The highest BCUT2D eigenvalue weighted by Crippen LogP contribution is 2.19. The third kappa shape index (κ3) is 2.16. The molecule has 1 aromatic heterocycles. The fourth-order valence-electron chi connectivity index (χ4n) is 2.15. The summed E-state index contributed by atoms with van der Waals surface area (Å²) in [5.41, 5.74) is 6.35. The summed E-state index contributed by atoms with van der Waals surface area (Å²) >= 11 is 0. The summed E-state index contributed by atoms with van der Waals surface area (Å²) in [6, 6.07) is -0.668. The van der Waals surface area contributed by atoms with Crippen LogP contribution < -0.4 is 11.1 Å². The quantitative estimate of drug-likeness (QED) is 0.603. The van der Waals surface area contributed by atoms with Gasteiger partial charge in [0.2, 0.25) is 11.8 Å². The second-order valence-corrected chi connectivity index (χ2v) is 4.38. The molecule has 0 spiro atoms. The van der Waals surface area contributed by atoms with Gasteiger partial charge in [-0.05, 0) is 13.3 Å². The first kappa shape index (κ1) is 13.1. The predicted molar refractivity (Wildman–Crippen MR) is 66.0 cm³/mol. The molecule has 0 aromatic carbocycles. The van der Waals surface area contributed by atoms with Crippen LogP contribution in [0.15, 0.2) is 0 Å². The van der Waals surface area contributed by atoms with Gasteiger partial charge in [0.25, 0.3) is 5.91 Å². The monoisotopic (exact) mass is 265 g/mol. The maximum atomic E-state index is 12.4. The number of aromatic nitrogens is 2. The number of carbonyl (C=O) groups is 3. The van der Waals surface area contributed by atoms with Crippen molar-refractivity contribution in [3.05, 3.63) is 11.3 Å². The average molecular weight is 265 g/mol. The zero-order chi connectivity index (χ0) is 14.2. The number of nitrogens with one attached hydrogen (secondary N) is 2. The molecule has 1 aliphatic heterocycles. The number of imide groups is 1. The SMILES string of the molecule is CCC1C(=O)NC(=O)CN1C(=O)c1c(N)n[nH]c1C. The number of nitrogen functional groups attached to an aromatic ring is 1. The van der Waals surface area contributed by atoms with Crippen LogP contribution in [0.4, 0.5) is 5.82 Å². The fraction of sp³-hybridized carbons (Fsp3) is 0.455. The Labute approximate surface area is 109 Å². The first-order chi connectivity index (χ1) is 8.95. The summed E-state index contributed by atoms with van der Waals surface area (Å²) in [7, 11) is 0. The van der Waals surface area contributed by atoms with Crippen LogP contribution in [0.2, 0.25) is 0 Å². The zero-order valence-corrected chi connectivity index (χ0v) is 10.7. The van der Waals surface area contributed by atoms with Gasteiger partial charge in [-0.1, -0.05) is 6.92 Å². The van der Waals surface area contributed by atoms with Gasteiger partial charge in [0.1, 0.15) is 18.2 Å². The van der Waals surface area contributed by atoms with Crippen molar-refractivity contribution in [2.75, 3.05) is 12.3 Å². The number of anilines is 1. The Morgan fingerprint density at radius 2 is 2.21 bits per heavy atom. The number of nitrogens with zero attached hydrogens (tertiary/aromatic N) is 2. The van der Waals surface area contributed by atoms with Gasteiger partial charge in [0, 0.05) is 5.69 Å². The van der Waals surface area contributed by atoms with Gasteiger partial charge in [-0.15, -0.1) is 0 Å². The summed E-state index contributed by atoms with van der Waals surface area (Å²) in [5, 5.41) is 8.56. The highest BCUT2D eigenvalue weighted by Gasteiger charge is 2.37. The van der Waals surface area contributed by atoms with E-state index in [9.17, 15) is 14.4 Å². The van der Waals surface area contributed by atoms with Crippen molar-refractivity contribution in [1.29, 1.82) is 0 Å². The van der Waals surface area contributed by atoms with E-state index in [1.807, 2.05) is 0 Å². The van der Waals surface area contributed by atoms with Crippen LogP contribution in [0.3, 0.4) is 0 Å². The van der Waals surface area contributed by atoms with Crippen LogP contribution in [0, 0.1) is 6.92 Å². The van der Waals surface area contributed by atoms with Crippen LogP contribution in [-0.2, 0) is 9.59 Å². The highest BCUT2D eigenvalue weighted by molar-refractivity contribution is 6.08. The van der Waals surface area contributed by atoms with Crippen LogP contribution in [0.1, 0.15) is 29.4 Å². The molecule has 8 heteroatoms. The molecule has 2 rings (SSSR count). The van der Waals surface area contributed by atoms with E-state index in [1.54, 1.807) is 13.8 Å². The number of hydrogen-bond donors (Lipinski definition) is 3. The van der Waals surface area contributed by atoms with E-state index in [0.29, 0.717) is 12.1 Å². The molecule has 1 saturated heterocycles. The smallest absolute Gasteiger partial charge is 0.260 e. The Balaban J connectivity index is 2.36. The number of aromatic amines is 1. The highest BCUT2D eigenvalue weighted by atomic mass is 16.2. The maximum absolute atomic E-state index is 12.4. The topological polar surface area (TPSA) is 121 Å². The second-order valence-electron chi connectivity index (χ2n) is 4.38. The molecule has 3 amide bonds. The maximum Gasteiger partial charge on any atom is 0.260 e. The summed E-state index contributed by atoms with van der Waals surface area (Å²) in [6.45, 7) is 3.27. The third-order valence-electron chi connectivity index (χ3n) is 3.09. The Bertz CT molecular complexity index is 531. The van der Waals surface area contributed by atoms with Gasteiger partial charge in [-0.3, -0.25) is 24.8 Å². The lowest BCUT2D eigenvalue weighted by Crippen LogP contribution is -2.59. The number of aryl methyl sites for hydroxylation is 1. The molecule has 1 unspecified atom stereocenters. The molecule has 2 heterocycles. The minimum absolute atomic E-state index is 0.0655. The van der Waals surface area contributed by atoms with Crippen molar-refractivity contribution in [3.63, 3.8) is 0 Å². The van der Waals surface area contributed by atoms with E-state index in [0.717, 1.165) is 0 Å². The van der Waals surface area contributed by atoms with Gasteiger partial charge in [-0.2, -0.15) is 5.10 Å². The van der Waals surface area contributed by atoms with E-state index in [2.05, 4.69) is 15.5 Å². The van der Waals surface area contributed by atoms with E-state index in [4.69, 9.17) is 5.73 Å². The van der Waals surface area contributed by atoms with Crippen molar-refractivity contribution in [1.82, 2.24) is 20.4 Å². The Morgan fingerprint density at radius 1 is 1.53 bits per heavy atom. The van der Waals surface area contributed by atoms with Gasteiger partial charge in [-0.25, -0.2) is 0 Å². The summed E-state index contributed by atoms with van der Waals surface area (Å²) < 4.78 is 0. The molecule has 1 aliphatic rings. The summed E-state index contributed by atoms with van der Waals surface area (Å²) in [6.07, 6.45) is 0.418. The van der Waals surface area contributed by atoms with Crippen molar-refractivity contribution >= 4 is 23.5 Å². The Morgan fingerprint density at radius 3 is 2.74 bits per heavy atom. The molecule has 19 heavy (non-hydrogen) atoms. The molecule has 102 valence electrons. The number of hydrogen-bond acceptors (Lipinski definition) is 5. The fourth-order valence-corrected chi connectivity index (χ4v) is 2.15. The second kappa shape index (κ2) is 4.71. The Hall–Kier alpha value is -2.38. The number of carbonyl (C=O) groups excluding carboxylic acids is 3. The normalized spacial score (nSPS) is 19.5. The lowest BCUT2D eigenvalue weighted by Gasteiger charge is -2.33. The predicted octanol–water partition coefficient (Wildman–Crippen LogP) is -0.822. The molecule has 1 aromatic rings. The van der Waals surface area contributed by atoms with Gasteiger partial charge in [0.15, 0.2) is 5.82 Å². The molecule has 1 atom stereocenters. The molecule has 8 nitrogen and oxygen atoms in total. The van der Waals surface area contributed by atoms with E-state index < -0.39 is 23.8 Å². The standard InChI is InChI=1S/C11H15N5O3/c1-3-6-10(18)13-7(17)4-16(6)11(19)8-5(2)14-15-9(8)12/h6H,3-4H2,1-2H3,(H3,12,14,15)(H,13,17,18). The molecule has 1 fully saturated rings. The molecule has 4 N–H and O–H groups in total. The largest absolute Gasteiger partial charge is 0.382 e. The van der Waals surface area contributed by atoms with E-state index >= 15 is 0 Å². The van der Waals surface area contributed by atoms with Crippen molar-refractivity contribution in [2.45, 2.75) is 26.3 Å². The molecule has 0 bridgehead atoms. The number of nitrogens with two attached hydrogens (primary N) is 1. The first-order valence-electron chi connectivity index (χ1n) is 5.90. The minimum atomic E-state index is -0.668. The number of amides is 3. The third-order valence-corrected chi connectivity index (χ3v) is 3.09. The summed E-state index contributed by atoms with van der Waals surface area (Å²) in [5.74, 6) is -1.36. The van der Waals surface area contributed by atoms with Gasteiger partial charge < -0.3 is 10.6 Å². The number of rotatable bonds is 2. The molecule has 0 radical (unpaired) electrons. The zero-order valence-electron chi connectivity index (χ0n) is 10.7. The number of H-pyrrole nitrogens is 1. The van der Waals surface area contributed by atoms with E-state index in [-0.39, 0.29) is 17.9 Å². The van der Waals surface area contributed by atoms with Crippen LogP contribution in [0.25, 0.3) is 0 Å². The molecule has 0 saturated carbocycles. The lowest BCUT2D eigenvalue weighted by molar-refractivity contribution is -0.138. The lowest BCUT2D eigenvalue weighted by atomic mass is 10.1. The first-order valence-corrected chi connectivity index (χ1v) is 5.90. The molecule has 0 aliphatic carbocycles. The van der Waals surface area contributed by atoms with Crippen molar-refractivity contribution in [2.24, 2.45) is 0 Å². The van der Waals surface area contributed by atoms with Crippen molar-refractivity contribution in [3.8, 4) is 0 Å². The molecular weight excluding hydrogens is 250 g/mol. The minimum Gasteiger partial charge on any atom is -0.382 e. The van der Waals surface area contributed by atoms with Crippen LogP contribution in [-0.4, -0.2) is 45.4 Å². The van der Waals surface area contributed by atoms with Crippen LogP contribution in [0.5, 0.6) is 0 Å². The van der Waals surface area contributed by atoms with E-state index in [1.165, 1.54) is 4.90 Å². The Kier molecular flexibility index (Phi) is 3.24. The summed E-state index contributed by atoms with van der Waals surface area (Å²) in [4.78, 5) is 36.8. The average Bonchev–Trinajstić information content (AvgIpc) is 2.67. The van der Waals surface area contributed by atoms with Crippen LogP contribution >= 0.6 is 0 Å². The van der Waals surface area contributed by atoms with Gasteiger partial charge >= 0.3 is 0 Å². The molecular formula is C11H15N5O3. The number of piperazine rings is 1.